The molecule has 0 aromatic carbocycles. The van der Waals surface area contributed by atoms with Crippen LogP contribution >= 0.6 is 0 Å². The van der Waals surface area contributed by atoms with E-state index in [1.807, 2.05) is 6.92 Å². The van der Waals surface area contributed by atoms with E-state index in [2.05, 4.69) is 36.1 Å². The third-order valence-corrected chi connectivity index (χ3v) is 4.08. The molecule has 0 amide bonds. The molecule has 0 unspecified atom stereocenters. The molecule has 1 saturated carbocycles. The van der Waals surface area contributed by atoms with Crippen LogP contribution in [0.25, 0.3) is 0 Å². The largest absolute Gasteiger partial charge is 0.396 e. The van der Waals surface area contributed by atoms with Gasteiger partial charge in [0.2, 0.25) is 0 Å². The number of nitrogen functional groups attached to an aromatic ring is 1. The molecule has 0 bridgehead atoms. The summed E-state index contributed by atoms with van der Waals surface area (Å²) in [5.74, 6) is 2.13. The number of anilines is 2. The third kappa shape index (κ3) is 3.20. The molecule has 1 heterocycles. The van der Waals surface area contributed by atoms with Crippen LogP contribution in [0.1, 0.15) is 51.4 Å². The SMILES string of the molecule is Cc1c(N)nc(C(C)(C)C)nc1NCC1(CCO)CC1. The standard InChI is InChI=1S/C15H26N4O/c1-10-11(16)18-13(14(2,3)4)19-12(10)17-9-15(5-6-15)7-8-20/h20H,5-9H2,1-4H3,(H3,16,17,18,19). The second-order valence-electron chi connectivity index (χ2n) is 6.98. The zero-order chi connectivity index (χ0) is 15.0. The fourth-order valence-corrected chi connectivity index (χ4v) is 2.24. The highest BCUT2D eigenvalue weighted by Crippen LogP contribution is 2.48. The van der Waals surface area contributed by atoms with Gasteiger partial charge in [-0.15, -0.1) is 0 Å². The summed E-state index contributed by atoms with van der Waals surface area (Å²) >= 11 is 0. The highest BCUT2D eigenvalue weighted by molar-refractivity contribution is 5.55. The molecule has 5 nitrogen and oxygen atoms in total. The first-order valence-corrected chi connectivity index (χ1v) is 7.27. The van der Waals surface area contributed by atoms with E-state index in [0.29, 0.717) is 5.82 Å². The molecule has 112 valence electrons. The summed E-state index contributed by atoms with van der Waals surface area (Å²) in [6.45, 7) is 9.27. The van der Waals surface area contributed by atoms with Crippen LogP contribution in [0.15, 0.2) is 0 Å². The van der Waals surface area contributed by atoms with Crippen LogP contribution in [-0.2, 0) is 5.41 Å². The number of nitrogens with zero attached hydrogens (tertiary/aromatic N) is 2. The van der Waals surface area contributed by atoms with Crippen LogP contribution in [0.3, 0.4) is 0 Å². The Kier molecular flexibility index (Phi) is 3.91. The molecule has 5 heteroatoms. The lowest BCUT2D eigenvalue weighted by molar-refractivity contribution is 0.253. The molecule has 1 aliphatic rings. The van der Waals surface area contributed by atoms with Gasteiger partial charge in [-0.1, -0.05) is 20.8 Å². The molecule has 0 aliphatic heterocycles. The molecule has 1 aromatic heterocycles. The molecular formula is C15H26N4O. The van der Waals surface area contributed by atoms with E-state index in [1.165, 1.54) is 12.8 Å². The third-order valence-electron chi connectivity index (χ3n) is 4.08. The number of hydrogen-bond donors (Lipinski definition) is 3. The Morgan fingerprint density at radius 1 is 1.30 bits per heavy atom. The van der Waals surface area contributed by atoms with Crippen LogP contribution < -0.4 is 11.1 Å². The van der Waals surface area contributed by atoms with Gasteiger partial charge < -0.3 is 16.2 Å². The van der Waals surface area contributed by atoms with E-state index in [0.717, 1.165) is 30.2 Å². The molecule has 0 spiro atoms. The summed E-state index contributed by atoms with van der Waals surface area (Å²) in [4.78, 5) is 9.02. The Hall–Kier alpha value is -1.36. The smallest absolute Gasteiger partial charge is 0.138 e. The molecule has 1 fully saturated rings. The van der Waals surface area contributed by atoms with Crippen LogP contribution in [-0.4, -0.2) is 28.2 Å². The normalized spacial score (nSPS) is 17.1. The van der Waals surface area contributed by atoms with E-state index in [-0.39, 0.29) is 17.4 Å². The molecule has 4 N–H and O–H groups in total. The molecule has 0 radical (unpaired) electrons. The van der Waals surface area contributed by atoms with Gasteiger partial charge in [0.1, 0.15) is 17.5 Å². The van der Waals surface area contributed by atoms with E-state index in [1.54, 1.807) is 0 Å². The summed E-state index contributed by atoms with van der Waals surface area (Å²) in [5.41, 5.74) is 7.03. The van der Waals surface area contributed by atoms with Gasteiger partial charge in [-0.25, -0.2) is 9.97 Å². The summed E-state index contributed by atoms with van der Waals surface area (Å²) in [6.07, 6.45) is 3.20. The Morgan fingerprint density at radius 2 is 1.95 bits per heavy atom. The maximum atomic E-state index is 9.12. The fraction of sp³-hybridized carbons (Fsp3) is 0.733. The van der Waals surface area contributed by atoms with E-state index in [4.69, 9.17) is 10.8 Å². The number of hydrogen-bond acceptors (Lipinski definition) is 5. The van der Waals surface area contributed by atoms with Crippen LogP contribution in [0.5, 0.6) is 0 Å². The second-order valence-corrected chi connectivity index (χ2v) is 6.98. The lowest BCUT2D eigenvalue weighted by atomic mass is 9.95. The van der Waals surface area contributed by atoms with Crippen molar-refractivity contribution in [2.75, 3.05) is 24.2 Å². The maximum Gasteiger partial charge on any atom is 0.138 e. The van der Waals surface area contributed by atoms with Crippen LogP contribution in [0.4, 0.5) is 11.6 Å². The topological polar surface area (TPSA) is 84.1 Å². The minimum absolute atomic E-state index is 0.124. The molecule has 1 aromatic rings. The number of aliphatic hydroxyl groups excluding tert-OH is 1. The number of nitrogens with one attached hydrogen (secondary N) is 1. The van der Waals surface area contributed by atoms with Crippen molar-refractivity contribution in [3.63, 3.8) is 0 Å². The van der Waals surface area contributed by atoms with Crippen molar-refractivity contribution in [2.45, 2.75) is 52.4 Å². The van der Waals surface area contributed by atoms with Crippen LogP contribution in [0, 0.1) is 12.3 Å². The predicted molar refractivity (Wildman–Crippen MR) is 81.7 cm³/mol. The quantitative estimate of drug-likeness (QED) is 0.769. The summed E-state index contributed by atoms with van der Waals surface area (Å²) in [7, 11) is 0. The van der Waals surface area contributed by atoms with Gasteiger partial charge in [0.15, 0.2) is 0 Å². The Labute approximate surface area is 121 Å². The monoisotopic (exact) mass is 278 g/mol. The highest BCUT2D eigenvalue weighted by Gasteiger charge is 2.41. The molecule has 1 aliphatic carbocycles. The lowest BCUT2D eigenvalue weighted by Gasteiger charge is -2.21. The number of nitrogens with two attached hydrogens (primary N) is 1. The van der Waals surface area contributed by atoms with Crippen molar-refractivity contribution in [2.24, 2.45) is 5.41 Å². The van der Waals surface area contributed by atoms with Crippen molar-refractivity contribution >= 4 is 11.6 Å². The van der Waals surface area contributed by atoms with Gasteiger partial charge in [-0.05, 0) is 31.6 Å². The Bertz CT molecular complexity index is 489. The number of aromatic nitrogens is 2. The van der Waals surface area contributed by atoms with Crippen molar-refractivity contribution in [3.8, 4) is 0 Å². The van der Waals surface area contributed by atoms with Gasteiger partial charge in [0.05, 0.1) is 0 Å². The van der Waals surface area contributed by atoms with E-state index >= 15 is 0 Å². The van der Waals surface area contributed by atoms with Gasteiger partial charge in [0.25, 0.3) is 0 Å². The second kappa shape index (κ2) is 5.20. The van der Waals surface area contributed by atoms with Crippen molar-refractivity contribution in [3.05, 3.63) is 11.4 Å². The summed E-state index contributed by atoms with van der Waals surface area (Å²) < 4.78 is 0. The van der Waals surface area contributed by atoms with Gasteiger partial charge in [0, 0.05) is 24.1 Å². The zero-order valence-corrected chi connectivity index (χ0v) is 13.0. The summed E-state index contributed by atoms with van der Waals surface area (Å²) in [5, 5.41) is 12.5. The minimum atomic E-state index is -0.124. The van der Waals surface area contributed by atoms with Crippen molar-refractivity contribution in [1.29, 1.82) is 0 Å². The zero-order valence-electron chi connectivity index (χ0n) is 13.0. The fourth-order valence-electron chi connectivity index (χ4n) is 2.24. The van der Waals surface area contributed by atoms with Crippen molar-refractivity contribution in [1.82, 2.24) is 9.97 Å². The number of aliphatic hydroxyl groups is 1. The molecule has 0 saturated heterocycles. The average Bonchev–Trinajstić information content (AvgIpc) is 3.10. The van der Waals surface area contributed by atoms with Gasteiger partial charge >= 0.3 is 0 Å². The van der Waals surface area contributed by atoms with E-state index < -0.39 is 0 Å². The predicted octanol–water partition coefficient (Wildman–Crippen LogP) is 2.24. The molecule has 0 atom stereocenters. The molecule has 2 rings (SSSR count). The lowest BCUT2D eigenvalue weighted by Crippen LogP contribution is -2.22. The van der Waals surface area contributed by atoms with E-state index in [9.17, 15) is 0 Å². The average molecular weight is 278 g/mol. The van der Waals surface area contributed by atoms with Gasteiger partial charge in [-0.3, -0.25) is 0 Å². The highest BCUT2D eigenvalue weighted by atomic mass is 16.3. The summed E-state index contributed by atoms with van der Waals surface area (Å²) in [6, 6.07) is 0. The minimum Gasteiger partial charge on any atom is -0.396 e. The number of rotatable bonds is 5. The molecule has 20 heavy (non-hydrogen) atoms. The first-order chi connectivity index (χ1) is 9.27. The van der Waals surface area contributed by atoms with Gasteiger partial charge in [-0.2, -0.15) is 0 Å². The first kappa shape index (κ1) is 15.0. The first-order valence-electron chi connectivity index (χ1n) is 7.27. The Morgan fingerprint density at radius 3 is 2.45 bits per heavy atom. The van der Waals surface area contributed by atoms with Crippen molar-refractivity contribution < 1.29 is 5.11 Å². The molecular weight excluding hydrogens is 252 g/mol. The Balaban J connectivity index is 2.17. The maximum absolute atomic E-state index is 9.12. The van der Waals surface area contributed by atoms with Crippen LogP contribution in [0.2, 0.25) is 0 Å².